The summed E-state index contributed by atoms with van der Waals surface area (Å²) in [5, 5.41) is 3.54. The second kappa shape index (κ2) is 7.43. The fraction of sp³-hybridized carbons (Fsp3) is 0.471. The first-order valence-electron chi connectivity index (χ1n) is 8.57. The molecule has 1 saturated heterocycles. The van der Waals surface area contributed by atoms with E-state index in [9.17, 15) is 36.3 Å². The number of hydrogen-bond acceptors (Lipinski definition) is 3. The largest absolute Gasteiger partial charge is 0.411 e. The minimum Gasteiger partial charge on any atom is -0.334 e. The van der Waals surface area contributed by atoms with Crippen molar-refractivity contribution >= 4 is 35.0 Å². The number of carbonyl (C=O) groups excluding carboxylic acids is 3. The third kappa shape index (κ3) is 4.29. The van der Waals surface area contributed by atoms with Crippen LogP contribution < -0.4 is 10.6 Å². The van der Waals surface area contributed by atoms with Gasteiger partial charge in [0.05, 0.1) is 10.9 Å². The van der Waals surface area contributed by atoms with Crippen LogP contribution in [0.5, 0.6) is 0 Å². The van der Waals surface area contributed by atoms with Crippen molar-refractivity contribution in [3.63, 3.8) is 0 Å². The summed E-state index contributed by atoms with van der Waals surface area (Å²) in [5.74, 6) is -6.47. The normalized spacial score (nSPS) is 20.3. The van der Waals surface area contributed by atoms with Crippen molar-refractivity contribution in [2.24, 2.45) is 5.92 Å². The lowest BCUT2D eigenvalue weighted by molar-refractivity contribution is -0.172. The minimum absolute atomic E-state index is 0.0120. The first-order chi connectivity index (χ1) is 13.4. The van der Waals surface area contributed by atoms with Gasteiger partial charge in [-0.25, -0.2) is 8.78 Å². The van der Waals surface area contributed by atoms with Gasteiger partial charge < -0.3 is 15.5 Å². The van der Waals surface area contributed by atoms with Gasteiger partial charge >= 0.3 is 18.0 Å². The summed E-state index contributed by atoms with van der Waals surface area (Å²) in [4.78, 5) is 37.3. The van der Waals surface area contributed by atoms with Crippen LogP contribution in [0.2, 0.25) is 5.02 Å². The highest BCUT2D eigenvalue weighted by Crippen LogP contribution is 2.48. The molecule has 1 aliphatic heterocycles. The Morgan fingerprint density at radius 3 is 2.38 bits per heavy atom. The van der Waals surface area contributed by atoms with Crippen molar-refractivity contribution in [2.45, 2.75) is 31.0 Å². The van der Waals surface area contributed by atoms with Crippen molar-refractivity contribution in [1.29, 1.82) is 0 Å². The van der Waals surface area contributed by atoms with Crippen LogP contribution in [0.1, 0.15) is 19.3 Å². The van der Waals surface area contributed by atoms with Gasteiger partial charge in [0.15, 0.2) is 11.6 Å². The maximum absolute atomic E-state index is 13.4. The van der Waals surface area contributed by atoms with Crippen molar-refractivity contribution in [2.75, 3.05) is 18.4 Å². The van der Waals surface area contributed by atoms with E-state index in [-0.39, 0.29) is 38.0 Å². The summed E-state index contributed by atoms with van der Waals surface area (Å²) >= 11 is 5.51. The topological polar surface area (TPSA) is 78.5 Å². The van der Waals surface area contributed by atoms with E-state index in [4.69, 9.17) is 11.6 Å². The van der Waals surface area contributed by atoms with Crippen LogP contribution in [0.4, 0.5) is 27.6 Å². The molecule has 1 aromatic carbocycles. The quantitative estimate of drug-likeness (QED) is 0.432. The fourth-order valence-corrected chi connectivity index (χ4v) is 3.26. The van der Waals surface area contributed by atoms with Crippen LogP contribution in [0.25, 0.3) is 0 Å². The molecule has 6 nitrogen and oxygen atoms in total. The molecule has 1 aromatic rings. The van der Waals surface area contributed by atoms with Crippen LogP contribution in [0.15, 0.2) is 12.1 Å². The molecule has 1 saturated carbocycles. The maximum Gasteiger partial charge on any atom is 0.411 e. The van der Waals surface area contributed by atoms with Gasteiger partial charge in [0.2, 0.25) is 5.91 Å². The Kier molecular flexibility index (Phi) is 5.46. The Balaban J connectivity index is 1.57. The fourth-order valence-electron chi connectivity index (χ4n) is 3.05. The van der Waals surface area contributed by atoms with Gasteiger partial charge in [-0.1, -0.05) is 11.6 Å². The monoisotopic (exact) mass is 439 g/mol. The summed E-state index contributed by atoms with van der Waals surface area (Å²) in [6.45, 7) is -0.212. The summed E-state index contributed by atoms with van der Waals surface area (Å²) in [7, 11) is 0. The minimum atomic E-state index is -4.65. The molecule has 0 bridgehead atoms. The number of benzene rings is 1. The Bertz CT molecular complexity index is 849. The number of nitrogens with zero attached hydrogens (tertiary/aromatic N) is 1. The highest BCUT2D eigenvalue weighted by molar-refractivity contribution is 6.35. The first kappa shape index (κ1) is 21.3. The van der Waals surface area contributed by atoms with Crippen LogP contribution >= 0.6 is 11.6 Å². The second-order valence-corrected chi connectivity index (χ2v) is 7.42. The molecule has 2 fully saturated rings. The summed E-state index contributed by atoms with van der Waals surface area (Å²) < 4.78 is 65.3. The summed E-state index contributed by atoms with van der Waals surface area (Å²) in [6.07, 6.45) is -5.09. The van der Waals surface area contributed by atoms with Gasteiger partial charge in [-0.2, -0.15) is 13.2 Å². The highest BCUT2D eigenvalue weighted by Gasteiger charge is 2.64. The lowest BCUT2D eigenvalue weighted by Crippen LogP contribution is -2.53. The lowest BCUT2D eigenvalue weighted by atomic mass is 10.1. The smallest absolute Gasteiger partial charge is 0.334 e. The number of amides is 3. The molecule has 1 atom stereocenters. The molecule has 3 amide bonds. The number of anilines is 1. The van der Waals surface area contributed by atoms with E-state index in [1.165, 1.54) is 0 Å². The molecule has 0 radical (unpaired) electrons. The number of likely N-dealkylation sites (tertiary alicyclic amines) is 1. The van der Waals surface area contributed by atoms with E-state index in [1.807, 2.05) is 0 Å². The summed E-state index contributed by atoms with van der Waals surface area (Å²) in [5.41, 5.74) is -2.45. The standard InChI is InChI=1S/C17H15ClF5N3O3/c18-10-5-9(6-11(19)12(10)20)24-13(27)8-1-4-26(7-8)15(29)14(28)25-16(2-3-16)17(21,22)23/h5-6,8H,1-4,7H2,(H,24,27)(H,25,28)/t8-/m0/s1. The van der Waals surface area contributed by atoms with E-state index >= 15 is 0 Å². The zero-order chi connectivity index (χ0) is 21.6. The molecule has 12 heteroatoms. The van der Waals surface area contributed by atoms with E-state index < -0.39 is 52.0 Å². The molecule has 2 N–H and O–H groups in total. The van der Waals surface area contributed by atoms with Gasteiger partial charge in [0.25, 0.3) is 0 Å². The van der Waals surface area contributed by atoms with E-state index in [0.717, 1.165) is 17.0 Å². The number of hydrogen-bond donors (Lipinski definition) is 2. The third-order valence-corrected chi connectivity index (χ3v) is 5.21. The van der Waals surface area contributed by atoms with E-state index in [1.54, 1.807) is 5.32 Å². The van der Waals surface area contributed by atoms with Crippen molar-refractivity contribution in [3.05, 3.63) is 28.8 Å². The number of halogens is 6. The maximum atomic E-state index is 13.4. The Hall–Kier alpha value is -2.43. The molecule has 1 aliphatic carbocycles. The van der Waals surface area contributed by atoms with Crippen LogP contribution in [-0.4, -0.2) is 47.4 Å². The van der Waals surface area contributed by atoms with Crippen LogP contribution in [0.3, 0.4) is 0 Å². The number of nitrogens with one attached hydrogen (secondary N) is 2. The number of alkyl halides is 3. The van der Waals surface area contributed by atoms with Gasteiger partial charge in [-0.15, -0.1) is 0 Å². The van der Waals surface area contributed by atoms with Crippen LogP contribution in [0, 0.1) is 17.6 Å². The predicted octanol–water partition coefficient (Wildman–Crippen LogP) is 2.62. The third-order valence-electron chi connectivity index (χ3n) is 4.94. The molecule has 0 unspecified atom stereocenters. The Morgan fingerprint density at radius 2 is 1.83 bits per heavy atom. The number of carbonyl (C=O) groups is 3. The van der Waals surface area contributed by atoms with Gasteiger partial charge in [0.1, 0.15) is 5.54 Å². The van der Waals surface area contributed by atoms with Crippen LogP contribution in [-0.2, 0) is 14.4 Å². The van der Waals surface area contributed by atoms with E-state index in [0.29, 0.717) is 0 Å². The molecular weight excluding hydrogens is 425 g/mol. The van der Waals surface area contributed by atoms with Crippen molar-refractivity contribution in [1.82, 2.24) is 10.2 Å². The molecule has 0 spiro atoms. The Morgan fingerprint density at radius 1 is 1.17 bits per heavy atom. The predicted molar refractivity (Wildman–Crippen MR) is 90.8 cm³/mol. The molecule has 2 aliphatic rings. The number of rotatable bonds is 3. The van der Waals surface area contributed by atoms with Gasteiger partial charge in [0, 0.05) is 24.8 Å². The zero-order valence-electron chi connectivity index (χ0n) is 14.7. The second-order valence-electron chi connectivity index (χ2n) is 7.01. The molecule has 29 heavy (non-hydrogen) atoms. The zero-order valence-corrected chi connectivity index (χ0v) is 15.5. The molecule has 0 aromatic heterocycles. The van der Waals surface area contributed by atoms with Gasteiger partial charge in [-0.05, 0) is 25.3 Å². The highest BCUT2D eigenvalue weighted by atomic mass is 35.5. The lowest BCUT2D eigenvalue weighted by Gasteiger charge is -2.22. The first-order valence-corrected chi connectivity index (χ1v) is 8.95. The average Bonchev–Trinajstić information content (AvgIpc) is 3.25. The SMILES string of the molecule is O=C(NC1(C(F)(F)F)CC1)C(=O)N1CC[C@H](C(=O)Nc2cc(F)c(F)c(Cl)c2)C1. The Labute approximate surface area is 166 Å². The molecule has 1 heterocycles. The van der Waals surface area contributed by atoms with Crippen molar-refractivity contribution in [3.8, 4) is 0 Å². The molecule has 158 valence electrons. The molecular formula is C17H15ClF5N3O3. The van der Waals surface area contributed by atoms with Crippen molar-refractivity contribution < 1.29 is 36.3 Å². The molecule has 3 rings (SSSR count). The van der Waals surface area contributed by atoms with E-state index in [2.05, 4.69) is 5.32 Å². The summed E-state index contributed by atoms with van der Waals surface area (Å²) in [6, 6.07) is 1.74. The average molecular weight is 440 g/mol. The van der Waals surface area contributed by atoms with Gasteiger partial charge in [-0.3, -0.25) is 14.4 Å².